The normalized spacial score (nSPS) is 26.0. The maximum Gasteiger partial charge on any atom is 0.139 e. The fourth-order valence-corrected chi connectivity index (χ4v) is 4.40. The summed E-state index contributed by atoms with van der Waals surface area (Å²) in [6.07, 6.45) is 7.17. The summed E-state index contributed by atoms with van der Waals surface area (Å²) in [6, 6.07) is 0. The minimum Gasteiger partial charge on any atom is -0.360 e. The van der Waals surface area contributed by atoms with E-state index in [1.807, 2.05) is 12.4 Å². The van der Waals surface area contributed by atoms with Crippen molar-refractivity contribution < 1.29 is 0 Å². The Morgan fingerprint density at radius 1 is 1.06 bits per heavy atom. The van der Waals surface area contributed by atoms with E-state index >= 15 is 0 Å². The first-order valence-electron chi connectivity index (χ1n) is 5.48. The van der Waals surface area contributed by atoms with Crippen molar-refractivity contribution in [2.24, 2.45) is 0 Å². The number of H-pyrrole nitrogens is 2. The number of imidazole rings is 2. The molecule has 2 unspecified atom stereocenters. The molecule has 4 rings (SSSR count). The maximum absolute atomic E-state index is 4.28. The van der Waals surface area contributed by atoms with Gasteiger partial charge in [-0.05, 0) is 0 Å². The second-order valence-electron chi connectivity index (χ2n) is 3.92. The molecule has 2 atom stereocenters. The Morgan fingerprint density at radius 2 is 1.89 bits per heavy atom. The molecule has 2 aliphatic rings. The highest BCUT2D eigenvalue weighted by molar-refractivity contribution is 8.08. The van der Waals surface area contributed by atoms with E-state index in [9.17, 15) is 0 Å². The standard InChI is InChI=1S/C10H10N6S2/c1-2-13-6(12-1)8-16-10-9(18-8)15-7(17-10)5-3-11-4-14-5/h1-4,7-8,15-16H,(H,11,14)(H,12,13). The van der Waals surface area contributed by atoms with Crippen molar-refractivity contribution in [3.8, 4) is 0 Å². The minimum atomic E-state index is 0.174. The molecule has 0 amide bonds. The van der Waals surface area contributed by atoms with Crippen LogP contribution < -0.4 is 10.6 Å². The number of hydrogen-bond donors (Lipinski definition) is 4. The van der Waals surface area contributed by atoms with Crippen molar-refractivity contribution in [1.29, 1.82) is 0 Å². The highest BCUT2D eigenvalue weighted by Gasteiger charge is 2.36. The molecule has 0 spiro atoms. The molecule has 2 aliphatic heterocycles. The Bertz CT molecular complexity index is 507. The summed E-state index contributed by atoms with van der Waals surface area (Å²) in [5, 5.41) is 9.69. The first-order valence-corrected chi connectivity index (χ1v) is 7.24. The Balaban J connectivity index is 1.48. The van der Waals surface area contributed by atoms with Crippen LogP contribution in [0, 0.1) is 0 Å². The molecule has 6 nitrogen and oxygen atoms in total. The summed E-state index contributed by atoms with van der Waals surface area (Å²) in [5.74, 6) is 0.954. The van der Waals surface area contributed by atoms with E-state index in [1.54, 1.807) is 36.0 Å². The van der Waals surface area contributed by atoms with Crippen LogP contribution in [0.25, 0.3) is 0 Å². The molecular weight excluding hydrogens is 268 g/mol. The van der Waals surface area contributed by atoms with Gasteiger partial charge in [0, 0.05) is 12.4 Å². The van der Waals surface area contributed by atoms with Gasteiger partial charge in [0.1, 0.15) is 26.6 Å². The van der Waals surface area contributed by atoms with E-state index in [0.717, 1.165) is 11.5 Å². The van der Waals surface area contributed by atoms with Crippen LogP contribution in [0.3, 0.4) is 0 Å². The van der Waals surface area contributed by atoms with Crippen LogP contribution in [0.1, 0.15) is 22.3 Å². The van der Waals surface area contributed by atoms with Crippen LogP contribution in [0.2, 0.25) is 0 Å². The van der Waals surface area contributed by atoms with E-state index in [0.29, 0.717) is 0 Å². The molecule has 0 saturated carbocycles. The number of aromatic amines is 2. The average Bonchev–Trinajstić information content (AvgIpc) is 3.13. The summed E-state index contributed by atoms with van der Waals surface area (Å²) >= 11 is 3.51. The lowest BCUT2D eigenvalue weighted by atomic mass is 10.5. The Morgan fingerprint density at radius 3 is 2.61 bits per heavy atom. The van der Waals surface area contributed by atoms with E-state index in [4.69, 9.17) is 0 Å². The van der Waals surface area contributed by atoms with Gasteiger partial charge in [0.25, 0.3) is 0 Å². The van der Waals surface area contributed by atoms with Crippen molar-refractivity contribution in [3.05, 3.63) is 46.5 Å². The lowest BCUT2D eigenvalue weighted by molar-refractivity contribution is 0.795. The topological polar surface area (TPSA) is 81.4 Å². The Kier molecular flexibility index (Phi) is 2.30. The molecule has 0 fully saturated rings. The molecule has 0 aliphatic carbocycles. The summed E-state index contributed by atoms with van der Waals surface area (Å²) in [5.41, 5.74) is 1.09. The second kappa shape index (κ2) is 3.99. The molecule has 8 heteroatoms. The molecule has 0 bridgehead atoms. The monoisotopic (exact) mass is 278 g/mol. The maximum atomic E-state index is 4.28. The first-order chi connectivity index (χ1) is 8.90. The SMILES string of the molecule is c1c[nH]c(C2NC3=C(NC(c4cnc[nH]4)S3)S2)n1. The number of aromatic nitrogens is 4. The molecule has 2 aromatic rings. The number of rotatable bonds is 2. The zero-order valence-corrected chi connectivity index (χ0v) is 10.8. The van der Waals surface area contributed by atoms with E-state index in [-0.39, 0.29) is 10.7 Å². The van der Waals surface area contributed by atoms with Crippen molar-refractivity contribution in [2.45, 2.75) is 10.7 Å². The lowest BCUT2D eigenvalue weighted by Crippen LogP contribution is -2.15. The third kappa shape index (κ3) is 1.60. The van der Waals surface area contributed by atoms with E-state index < -0.39 is 0 Å². The van der Waals surface area contributed by atoms with E-state index in [1.165, 1.54) is 10.1 Å². The van der Waals surface area contributed by atoms with Gasteiger partial charge in [-0.2, -0.15) is 0 Å². The van der Waals surface area contributed by atoms with Crippen molar-refractivity contribution in [2.75, 3.05) is 0 Å². The Labute approximate surface area is 111 Å². The number of nitrogens with one attached hydrogen (secondary N) is 4. The van der Waals surface area contributed by atoms with Gasteiger partial charge in [-0.15, -0.1) is 0 Å². The highest BCUT2D eigenvalue weighted by Crippen LogP contribution is 2.50. The van der Waals surface area contributed by atoms with Gasteiger partial charge in [0.05, 0.1) is 18.2 Å². The van der Waals surface area contributed by atoms with Crippen LogP contribution in [-0.4, -0.2) is 19.9 Å². The molecule has 4 N–H and O–H groups in total. The molecule has 0 aromatic carbocycles. The quantitative estimate of drug-likeness (QED) is 0.668. The third-order valence-electron chi connectivity index (χ3n) is 2.77. The third-order valence-corrected chi connectivity index (χ3v) is 5.20. The Hall–Kier alpha value is -1.54. The van der Waals surface area contributed by atoms with Gasteiger partial charge in [-0.25, -0.2) is 9.97 Å². The fraction of sp³-hybridized carbons (Fsp3) is 0.200. The fourth-order valence-electron chi connectivity index (χ4n) is 1.94. The molecule has 18 heavy (non-hydrogen) atoms. The van der Waals surface area contributed by atoms with Gasteiger partial charge < -0.3 is 20.6 Å². The first kappa shape index (κ1) is 10.4. The summed E-state index contributed by atoms with van der Waals surface area (Å²) in [4.78, 5) is 14.6. The molecule has 4 heterocycles. The predicted molar refractivity (Wildman–Crippen MR) is 71.1 cm³/mol. The van der Waals surface area contributed by atoms with Crippen LogP contribution in [0.15, 0.2) is 35.0 Å². The zero-order valence-electron chi connectivity index (χ0n) is 9.18. The van der Waals surface area contributed by atoms with Gasteiger partial charge >= 0.3 is 0 Å². The molecule has 0 radical (unpaired) electrons. The molecular formula is C10H10N6S2. The summed E-state index contributed by atoms with van der Waals surface area (Å²) in [6.45, 7) is 0. The smallest absolute Gasteiger partial charge is 0.139 e. The number of thioether (sulfide) groups is 2. The van der Waals surface area contributed by atoms with Crippen molar-refractivity contribution in [1.82, 2.24) is 30.6 Å². The predicted octanol–water partition coefficient (Wildman–Crippen LogP) is 1.63. The van der Waals surface area contributed by atoms with Gasteiger partial charge in [-0.1, -0.05) is 23.5 Å². The van der Waals surface area contributed by atoms with Crippen LogP contribution in [0.5, 0.6) is 0 Å². The summed E-state index contributed by atoms with van der Waals surface area (Å²) in [7, 11) is 0. The number of nitrogens with zero attached hydrogens (tertiary/aromatic N) is 2. The van der Waals surface area contributed by atoms with Crippen LogP contribution in [0.4, 0.5) is 0 Å². The van der Waals surface area contributed by atoms with Crippen molar-refractivity contribution >= 4 is 23.5 Å². The van der Waals surface area contributed by atoms with E-state index in [2.05, 4.69) is 30.6 Å². The number of hydrogen-bond acceptors (Lipinski definition) is 6. The highest BCUT2D eigenvalue weighted by atomic mass is 32.2. The van der Waals surface area contributed by atoms with Gasteiger partial charge in [0.15, 0.2) is 0 Å². The lowest BCUT2D eigenvalue weighted by Gasteiger charge is -2.15. The second-order valence-corrected chi connectivity index (χ2v) is 6.15. The molecule has 2 aromatic heterocycles. The van der Waals surface area contributed by atoms with Gasteiger partial charge in [0.2, 0.25) is 0 Å². The van der Waals surface area contributed by atoms with Crippen molar-refractivity contribution in [3.63, 3.8) is 0 Å². The molecule has 0 saturated heterocycles. The molecule has 92 valence electrons. The van der Waals surface area contributed by atoms with Crippen LogP contribution in [-0.2, 0) is 0 Å². The summed E-state index contributed by atoms with van der Waals surface area (Å²) < 4.78 is 0. The van der Waals surface area contributed by atoms with Crippen LogP contribution >= 0.6 is 23.5 Å². The zero-order chi connectivity index (χ0) is 11.9. The van der Waals surface area contributed by atoms with Gasteiger partial charge in [-0.3, -0.25) is 0 Å². The average molecular weight is 278 g/mol. The minimum absolute atomic E-state index is 0.174. The largest absolute Gasteiger partial charge is 0.360 e.